The molecule has 84 valence electrons. The highest BCUT2D eigenvalue weighted by Gasteiger charge is 2.00. The van der Waals surface area contributed by atoms with E-state index < -0.39 is 0 Å². The normalized spacial score (nSPS) is 10.6. The maximum atomic E-state index is 5.46. The highest BCUT2D eigenvalue weighted by atomic mass is 127. The van der Waals surface area contributed by atoms with Crippen LogP contribution in [0.1, 0.15) is 16.9 Å². The van der Waals surface area contributed by atoms with E-state index in [-0.39, 0.29) is 0 Å². The lowest BCUT2D eigenvalue weighted by Crippen LogP contribution is -2.13. The van der Waals surface area contributed by atoms with Gasteiger partial charge in [0.15, 0.2) is 3.77 Å². The smallest absolute Gasteiger partial charge is 0.164 e. The molecule has 0 fully saturated rings. The van der Waals surface area contributed by atoms with E-state index in [1.807, 2.05) is 30.6 Å². The number of furan rings is 1. The minimum Gasteiger partial charge on any atom is -0.454 e. The molecule has 0 saturated heterocycles. The Morgan fingerprint density at radius 1 is 1.31 bits per heavy atom. The molecule has 0 bridgehead atoms. The summed E-state index contributed by atoms with van der Waals surface area (Å²) in [6.07, 6.45) is 3.70. The molecule has 0 aliphatic rings. The largest absolute Gasteiger partial charge is 0.454 e. The molecule has 1 N–H and O–H groups in total. The average molecular weight is 328 g/mol. The molecule has 16 heavy (non-hydrogen) atoms. The average Bonchev–Trinajstić information content (AvgIpc) is 2.67. The summed E-state index contributed by atoms with van der Waals surface area (Å²) < 4.78 is 6.39. The Kier molecular flexibility index (Phi) is 3.95. The number of hydrogen-bond donors (Lipinski definition) is 1. The summed E-state index contributed by atoms with van der Waals surface area (Å²) in [5.41, 5.74) is 2.49. The first-order valence-electron chi connectivity index (χ1n) is 5.10. The second kappa shape index (κ2) is 5.45. The van der Waals surface area contributed by atoms with Crippen LogP contribution in [0.5, 0.6) is 0 Å². The van der Waals surface area contributed by atoms with Crippen molar-refractivity contribution in [1.29, 1.82) is 0 Å². The lowest BCUT2D eigenvalue weighted by atomic mass is 10.1. The molecular formula is C12H13IN2O. The van der Waals surface area contributed by atoms with Gasteiger partial charge in [-0.15, -0.1) is 0 Å². The van der Waals surface area contributed by atoms with Crippen LogP contribution < -0.4 is 5.32 Å². The van der Waals surface area contributed by atoms with Crippen molar-refractivity contribution in [3.05, 3.63) is 51.2 Å². The van der Waals surface area contributed by atoms with E-state index in [1.54, 1.807) is 0 Å². The van der Waals surface area contributed by atoms with Gasteiger partial charge in [0.05, 0.1) is 6.54 Å². The van der Waals surface area contributed by atoms with Gasteiger partial charge in [0.25, 0.3) is 0 Å². The Balaban J connectivity index is 1.87. The van der Waals surface area contributed by atoms with Crippen molar-refractivity contribution in [3.8, 4) is 0 Å². The number of pyridine rings is 1. The van der Waals surface area contributed by atoms with Crippen LogP contribution in [0.25, 0.3) is 0 Å². The molecule has 0 spiro atoms. The number of rotatable bonds is 4. The van der Waals surface area contributed by atoms with Gasteiger partial charge in [-0.3, -0.25) is 4.98 Å². The van der Waals surface area contributed by atoms with Crippen LogP contribution in [0, 0.1) is 10.7 Å². The minimum absolute atomic E-state index is 0.755. The molecule has 2 aromatic rings. The maximum Gasteiger partial charge on any atom is 0.164 e. The van der Waals surface area contributed by atoms with Crippen molar-refractivity contribution in [2.75, 3.05) is 0 Å². The number of halogens is 1. The zero-order valence-corrected chi connectivity index (χ0v) is 11.2. The molecule has 0 aliphatic heterocycles. The van der Waals surface area contributed by atoms with Crippen LogP contribution in [-0.2, 0) is 13.1 Å². The van der Waals surface area contributed by atoms with Crippen LogP contribution in [-0.4, -0.2) is 4.98 Å². The molecule has 0 unspecified atom stereocenters. The quantitative estimate of drug-likeness (QED) is 0.877. The molecule has 2 aromatic heterocycles. The summed E-state index contributed by atoms with van der Waals surface area (Å²) in [6.45, 7) is 3.66. The second-order valence-electron chi connectivity index (χ2n) is 3.61. The van der Waals surface area contributed by atoms with E-state index in [2.05, 4.69) is 39.8 Å². The van der Waals surface area contributed by atoms with Gasteiger partial charge in [0.1, 0.15) is 5.76 Å². The van der Waals surface area contributed by atoms with Gasteiger partial charge in [0.2, 0.25) is 0 Å². The van der Waals surface area contributed by atoms with Crippen molar-refractivity contribution in [1.82, 2.24) is 10.3 Å². The van der Waals surface area contributed by atoms with E-state index in [0.717, 1.165) is 22.6 Å². The van der Waals surface area contributed by atoms with Crippen molar-refractivity contribution in [2.45, 2.75) is 20.0 Å². The number of nitrogens with zero attached hydrogens (tertiary/aromatic N) is 1. The molecule has 0 radical (unpaired) electrons. The van der Waals surface area contributed by atoms with E-state index >= 15 is 0 Å². The summed E-state index contributed by atoms with van der Waals surface area (Å²) in [6, 6.07) is 6.00. The highest BCUT2D eigenvalue weighted by Crippen LogP contribution is 2.10. The van der Waals surface area contributed by atoms with Gasteiger partial charge in [-0.2, -0.15) is 0 Å². The van der Waals surface area contributed by atoms with Crippen LogP contribution in [0.4, 0.5) is 0 Å². The predicted molar refractivity (Wildman–Crippen MR) is 70.9 cm³/mol. The maximum absolute atomic E-state index is 5.46. The van der Waals surface area contributed by atoms with Gasteiger partial charge < -0.3 is 9.73 Å². The topological polar surface area (TPSA) is 38.1 Å². The number of aromatic nitrogens is 1. The second-order valence-corrected chi connectivity index (χ2v) is 4.67. The predicted octanol–water partition coefficient (Wildman–Crippen LogP) is 2.88. The first kappa shape index (κ1) is 11.6. The molecule has 0 amide bonds. The third-order valence-electron chi connectivity index (χ3n) is 2.38. The van der Waals surface area contributed by atoms with Gasteiger partial charge in [-0.1, -0.05) is 0 Å². The number of aryl methyl sites for hydroxylation is 1. The summed E-state index contributed by atoms with van der Waals surface area (Å²) in [4.78, 5) is 4.07. The fourth-order valence-electron chi connectivity index (χ4n) is 1.47. The monoisotopic (exact) mass is 328 g/mol. The molecule has 2 heterocycles. The molecule has 0 aliphatic carbocycles. The minimum atomic E-state index is 0.755. The fraction of sp³-hybridized carbons (Fsp3) is 0.250. The van der Waals surface area contributed by atoms with Crippen molar-refractivity contribution >= 4 is 22.6 Å². The van der Waals surface area contributed by atoms with E-state index in [0.29, 0.717) is 0 Å². The molecule has 2 rings (SSSR count). The highest BCUT2D eigenvalue weighted by molar-refractivity contribution is 14.1. The number of nitrogens with one attached hydrogen (secondary N) is 1. The summed E-state index contributed by atoms with van der Waals surface area (Å²) in [5.74, 6) is 0.969. The summed E-state index contributed by atoms with van der Waals surface area (Å²) in [5, 5.41) is 3.35. The van der Waals surface area contributed by atoms with E-state index in [4.69, 9.17) is 4.42 Å². The number of hydrogen-bond acceptors (Lipinski definition) is 3. The third-order valence-corrected chi connectivity index (χ3v) is 2.96. The molecule has 0 atom stereocenters. The van der Waals surface area contributed by atoms with E-state index in [1.165, 1.54) is 11.1 Å². The molecule has 0 aromatic carbocycles. The van der Waals surface area contributed by atoms with Gasteiger partial charge in [0, 0.05) is 18.9 Å². The Labute approximate surface area is 108 Å². The molecule has 0 saturated carbocycles. The Morgan fingerprint density at radius 3 is 2.88 bits per heavy atom. The van der Waals surface area contributed by atoms with Gasteiger partial charge >= 0.3 is 0 Å². The van der Waals surface area contributed by atoms with Crippen LogP contribution in [0.2, 0.25) is 0 Å². The molecule has 4 heteroatoms. The molecule has 3 nitrogen and oxygen atoms in total. The van der Waals surface area contributed by atoms with Crippen molar-refractivity contribution < 1.29 is 4.42 Å². The Bertz CT molecular complexity index is 468. The molecular weight excluding hydrogens is 315 g/mol. The summed E-state index contributed by atoms with van der Waals surface area (Å²) >= 11 is 2.17. The lowest BCUT2D eigenvalue weighted by molar-refractivity contribution is 0.463. The summed E-state index contributed by atoms with van der Waals surface area (Å²) in [7, 11) is 0. The van der Waals surface area contributed by atoms with Gasteiger partial charge in [-0.05, 0) is 58.8 Å². The van der Waals surface area contributed by atoms with Gasteiger partial charge in [-0.25, -0.2) is 0 Å². The van der Waals surface area contributed by atoms with Crippen LogP contribution in [0.15, 0.2) is 35.0 Å². The Hall–Kier alpha value is -0.880. The van der Waals surface area contributed by atoms with Crippen LogP contribution >= 0.6 is 22.6 Å². The zero-order chi connectivity index (χ0) is 11.4. The van der Waals surface area contributed by atoms with Crippen molar-refractivity contribution in [3.63, 3.8) is 0 Å². The third kappa shape index (κ3) is 3.05. The Morgan fingerprint density at radius 2 is 2.19 bits per heavy atom. The fourth-order valence-corrected chi connectivity index (χ4v) is 1.93. The SMILES string of the molecule is Cc1cnccc1CNCc1ccc(I)o1. The zero-order valence-electron chi connectivity index (χ0n) is 9.03. The first-order valence-corrected chi connectivity index (χ1v) is 6.18. The van der Waals surface area contributed by atoms with E-state index in [9.17, 15) is 0 Å². The van der Waals surface area contributed by atoms with Crippen LogP contribution in [0.3, 0.4) is 0 Å². The lowest BCUT2D eigenvalue weighted by Gasteiger charge is -2.05. The standard InChI is InChI=1S/C12H13IN2O/c1-9-6-14-5-4-10(9)7-15-8-11-2-3-12(13)16-11/h2-6,15H,7-8H2,1H3. The van der Waals surface area contributed by atoms with Crippen molar-refractivity contribution in [2.24, 2.45) is 0 Å². The first-order chi connectivity index (χ1) is 7.75.